The van der Waals surface area contributed by atoms with E-state index >= 15 is 0 Å². The van der Waals surface area contributed by atoms with E-state index in [0.29, 0.717) is 13.2 Å². The standard InChI is InChI=1S/C9H18N2O3/c1-13-7-2-8-14-9(12)11-5-3-10-4-6-11/h10H,2-8H2,1H3. The van der Waals surface area contributed by atoms with Crippen LogP contribution in [0.25, 0.3) is 0 Å². The van der Waals surface area contributed by atoms with Crippen LogP contribution in [-0.4, -0.2) is 57.5 Å². The largest absolute Gasteiger partial charge is 0.449 e. The zero-order valence-electron chi connectivity index (χ0n) is 8.62. The number of ether oxygens (including phenoxy) is 2. The molecule has 1 fully saturated rings. The number of hydrogen-bond acceptors (Lipinski definition) is 4. The third kappa shape index (κ3) is 3.93. The normalized spacial score (nSPS) is 16.8. The lowest BCUT2D eigenvalue weighted by Gasteiger charge is -2.26. The molecule has 0 aromatic rings. The number of hydrogen-bond donors (Lipinski definition) is 1. The number of rotatable bonds is 4. The number of piperazine rings is 1. The molecule has 82 valence electrons. The second-order valence-electron chi connectivity index (χ2n) is 3.20. The third-order valence-electron chi connectivity index (χ3n) is 2.09. The van der Waals surface area contributed by atoms with Crippen LogP contribution in [-0.2, 0) is 9.47 Å². The van der Waals surface area contributed by atoms with Crippen molar-refractivity contribution in [2.45, 2.75) is 6.42 Å². The Hall–Kier alpha value is -0.810. The molecule has 14 heavy (non-hydrogen) atoms. The predicted molar refractivity (Wildman–Crippen MR) is 52.3 cm³/mol. The lowest BCUT2D eigenvalue weighted by Crippen LogP contribution is -2.46. The zero-order chi connectivity index (χ0) is 10.2. The van der Waals surface area contributed by atoms with Crippen molar-refractivity contribution < 1.29 is 14.3 Å². The van der Waals surface area contributed by atoms with Gasteiger partial charge in [0.15, 0.2) is 0 Å². The third-order valence-corrected chi connectivity index (χ3v) is 2.09. The highest BCUT2D eigenvalue weighted by molar-refractivity contribution is 5.67. The van der Waals surface area contributed by atoms with Crippen molar-refractivity contribution in [2.75, 3.05) is 46.5 Å². The van der Waals surface area contributed by atoms with Gasteiger partial charge < -0.3 is 19.7 Å². The highest BCUT2D eigenvalue weighted by Crippen LogP contribution is 1.97. The summed E-state index contributed by atoms with van der Waals surface area (Å²) in [4.78, 5) is 13.1. The van der Waals surface area contributed by atoms with Crippen LogP contribution >= 0.6 is 0 Å². The molecule has 1 amide bonds. The fourth-order valence-electron chi connectivity index (χ4n) is 1.30. The van der Waals surface area contributed by atoms with Crippen molar-refractivity contribution in [3.05, 3.63) is 0 Å². The molecule has 0 spiro atoms. The molecule has 0 radical (unpaired) electrons. The van der Waals surface area contributed by atoms with Gasteiger partial charge in [-0.3, -0.25) is 0 Å². The molecule has 0 aliphatic carbocycles. The molecule has 0 atom stereocenters. The summed E-state index contributed by atoms with van der Waals surface area (Å²) in [5.74, 6) is 0. The quantitative estimate of drug-likeness (QED) is 0.655. The Morgan fingerprint density at radius 3 is 2.71 bits per heavy atom. The first-order valence-electron chi connectivity index (χ1n) is 4.96. The molecule has 5 heteroatoms. The minimum atomic E-state index is -0.206. The molecule has 1 heterocycles. The first kappa shape index (κ1) is 11.3. The van der Waals surface area contributed by atoms with Gasteiger partial charge >= 0.3 is 6.09 Å². The highest BCUT2D eigenvalue weighted by Gasteiger charge is 2.16. The second-order valence-corrected chi connectivity index (χ2v) is 3.20. The topological polar surface area (TPSA) is 50.8 Å². The van der Waals surface area contributed by atoms with Gasteiger partial charge in [-0.2, -0.15) is 0 Å². The molecule has 1 saturated heterocycles. The van der Waals surface area contributed by atoms with E-state index < -0.39 is 0 Å². The summed E-state index contributed by atoms with van der Waals surface area (Å²) in [5.41, 5.74) is 0. The molecule has 0 bridgehead atoms. The summed E-state index contributed by atoms with van der Waals surface area (Å²) >= 11 is 0. The fraction of sp³-hybridized carbons (Fsp3) is 0.889. The van der Waals surface area contributed by atoms with Gasteiger partial charge in [0, 0.05) is 46.3 Å². The van der Waals surface area contributed by atoms with E-state index in [1.807, 2.05) is 0 Å². The Morgan fingerprint density at radius 1 is 1.36 bits per heavy atom. The van der Waals surface area contributed by atoms with Crippen molar-refractivity contribution in [1.29, 1.82) is 0 Å². The second kappa shape index (κ2) is 6.62. The van der Waals surface area contributed by atoms with Crippen LogP contribution < -0.4 is 5.32 Å². The Kier molecular flexibility index (Phi) is 5.32. The van der Waals surface area contributed by atoms with Crippen molar-refractivity contribution in [1.82, 2.24) is 10.2 Å². The monoisotopic (exact) mass is 202 g/mol. The molecule has 0 aromatic heterocycles. The molecule has 1 rings (SSSR count). The van der Waals surface area contributed by atoms with E-state index in [9.17, 15) is 4.79 Å². The van der Waals surface area contributed by atoms with Gasteiger partial charge in [0.2, 0.25) is 0 Å². The maximum atomic E-state index is 11.4. The van der Waals surface area contributed by atoms with Crippen LogP contribution in [0.15, 0.2) is 0 Å². The number of carbonyl (C=O) groups is 1. The van der Waals surface area contributed by atoms with E-state index in [2.05, 4.69) is 5.32 Å². The van der Waals surface area contributed by atoms with E-state index in [0.717, 1.165) is 32.6 Å². The SMILES string of the molecule is COCCCOC(=O)N1CCNCC1. The van der Waals surface area contributed by atoms with E-state index in [1.54, 1.807) is 12.0 Å². The van der Waals surface area contributed by atoms with Crippen LogP contribution in [0.2, 0.25) is 0 Å². The van der Waals surface area contributed by atoms with Gasteiger partial charge in [0.1, 0.15) is 0 Å². The van der Waals surface area contributed by atoms with Gasteiger partial charge in [-0.15, -0.1) is 0 Å². The minimum Gasteiger partial charge on any atom is -0.449 e. The summed E-state index contributed by atoms with van der Waals surface area (Å²) in [7, 11) is 1.64. The zero-order valence-corrected chi connectivity index (χ0v) is 8.62. The van der Waals surface area contributed by atoms with E-state index in [4.69, 9.17) is 9.47 Å². The molecule has 0 saturated carbocycles. The Labute approximate surface area is 84.4 Å². The Bertz CT molecular complexity index is 169. The average molecular weight is 202 g/mol. The van der Waals surface area contributed by atoms with Crippen LogP contribution in [0.3, 0.4) is 0 Å². The van der Waals surface area contributed by atoms with Gasteiger partial charge in [0.25, 0.3) is 0 Å². The molecule has 5 nitrogen and oxygen atoms in total. The van der Waals surface area contributed by atoms with Gasteiger partial charge in [0.05, 0.1) is 6.61 Å². The number of nitrogens with zero attached hydrogens (tertiary/aromatic N) is 1. The fourth-order valence-corrected chi connectivity index (χ4v) is 1.30. The Balaban J connectivity index is 2.07. The summed E-state index contributed by atoms with van der Waals surface area (Å²) in [6.45, 7) is 4.26. The molecule has 1 N–H and O–H groups in total. The van der Waals surface area contributed by atoms with Crippen molar-refractivity contribution in [3.8, 4) is 0 Å². The van der Waals surface area contributed by atoms with Gasteiger partial charge in [-0.05, 0) is 0 Å². The molecule has 0 aromatic carbocycles. The molecule has 1 aliphatic heterocycles. The van der Waals surface area contributed by atoms with Crippen LogP contribution in [0, 0.1) is 0 Å². The maximum absolute atomic E-state index is 11.4. The lowest BCUT2D eigenvalue weighted by atomic mass is 10.4. The van der Waals surface area contributed by atoms with E-state index in [1.165, 1.54) is 0 Å². The van der Waals surface area contributed by atoms with Gasteiger partial charge in [-0.1, -0.05) is 0 Å². The minimum absolute atomic E-state index is 0.206. The predicted octanol–water partition coefficient (Wildman–Crippen LogP) is 0.0647. The molecule has 0 unspecified atom stereocenters. The average Bonchev–Trinajstić information content (AvgIpc) is 2.25. The first-order chi connectivity index (χ1) is 6.84. The molecular weight excluding hydrogens is 184 g/mol. The molecular formula is C9H18N2O3. The van der Waals surface area contributed by atoms with E-state index in [-0.39, 0.29) is 6.09 Å². The molecule has 1 aliphatic rings. The van der Waals surface area contributed by atoms with Gasteiger partial charge in [-0.25, -0.2) is 4.79 Å². The summed E-state index contributed by atoms with van der Waals surface area (Å²) in [6.07, 6.45) is 0.552. The van der Waals surface area contributed by atoms with Crippen LogP contribution in [0.4, 0.5) is 4.79 Å². The van der Waals surface area contributed by atoms with Crippen molar-refractivity contribution in [3.63, 3.8) is 0 Å². The van der Waals surface area contributed by atoms with Crippen molar-refractivity contribution >= 4 is 6.09 Å². The highest BCUT2D eigenvalue weighted by atomic mass is 16.6. The first-order valence-corrected chi connectivity index (χ1v) is 4.96. The number of amides is 1. The maximum Gasteiger partial charge on any atom is 0.409 e. The summed E-state index contributed by atoms with van der Waals surface area (Å²) in [5, 5.41) is 3.18. The summed E-state index contributed by atoms with van der Waals surface area (Å²) < 4.78 is 9.92. The lowest BCUT2D eigenvalue weighted by molar-refractivity contribution is 0.0869. The van der Waals surface area contributed by atoms with Crippen LogP contribution in [0.5, 0.6) is 0 Å². The summed E-state index contributed by atoms with van der Waals surface area (Å²) in [6, 6.07) is 0. The van der Waals surface area contributed by atoms with Crippen molar-refractivity contribution in [2.24, 2.45) is 0 Å². The Morgan fingerprint density at radius 2 is 2.07 bits per heavy atom. The number of carbonyl (C=O) groups excluding carboxylic acids is 1. The number of methoxy groups -OCH3 is 1. The smallest absolute Gasteiger partial charge is 0.409 e. The van der Waals surface area contributed by atoms with Crippen LogP contribution in [0.1, 0.15) is 6.42 Å². The number of nitrogens with one attached hydrogen (secondary N) is 1.